The van der Waals surface area contributed by atoms with Crippen LogP contribution in [0.3, 0.4) is 0 Å². The molecular weight excluding hydrogens is 396 g/mol. The number of nitrogens with zero attached hydrogens (tertiary/aromatic N) is 2. The fourth-order valence-electron chi connectivity index (χ4n) is 3.60. The fraction of sp³-hybridized carbons (Fsp3) is 0.300. The molecule has 3 aromatic rings. The predicted molar refractivity (Wildman–Crippen MR) is 117 cm³/mol. The highest BCUT2D eigenvalue weighted by molar-refractivity contribution is 7.89. The molecule has 0 amide bonds. The number of piperazine rings is 1. The number of nitrogens with two attached hydrogens (primary N) is 1. The molecule has 0 atom stereocenters. The summed E-state index contributed by atoms with van der Waals surface area (Å²) >= 11 is 0. The maximum Gasteiger partial charge on any atom is 0.243 e. The quantitative estimate of drug-likeness (QED) is 0.662. The summed E-state index contributed by atoms with van der Waals surface area (Å²) in [4.78, 5) is 2.31. The highest BCUT2D eigenvalue weighted by Gasteiger charge is 2.20. The Balaban J connectivity index is 0.00000225. The van der Waals surface area contributed by atoms with Gasteiger partial charge in [-0.3, -0.25) is 0 Å². The number of hydrogen-bond donors (Lipinski definition) is 2. The average molecular weight is 421 g/mol. The third-order valence-corrected chi connectivity index (χ3v) is 6.66. The van der Waals surface area contributed by atoms with E-state index in [1.165, 1.54) is 3.97 Å². The molecule has 1 aliphatic heterocycles. The van der Waals surface area contributed by atoms with Crippen molar-refractivity contribution >= 4 is 39.0 Å². The van der Waals surface area contributed by atoms with Crippen molar-refractivity contribution in [2.45, 2.75) is 12.3 Å². The lowest BCUT2D eigenvalue weighted by Gasteiger charge is -2.30. The Kier molecular flexibility index (Phi) is 6.30. The van der Waals surface area contributed by atoms with Gasteiger partial charge in [-0.1, -0.05) is 30.3 Å². The molecule has 2 aromatic carbocycles. The lowest BCUT2D eigenvalue weighted by Crippen LogP contribution is -2.43. The molecule has 2 heterocycles. The van der Waals surface area contributed by atoms with Crippen LogP contribution < -0.4 is 16.0 Å². The Labute approximate surface area is 171 Å². The molecule has 1 aliphatic rings. The van der Waals surface area contributed by atoms with Gasteiger partial charge in [-0.15, -0.1) is 12.4 Å². The Morgan fingerprint density at radius 1 is 0.964 bits per heavy atom. The Hall–Kier alpha value is -2.06. The van der Waals surface area contributed by atoms with Crippen LogP contribution in [0.4, 0.5) is 5.69 Å². The molecule has 1 aromatic heterocycles. The lowest BCUT2D eigenvalue weighted by molar-refractivity contribution is 0.588. The van der Waals surface area contributed by atoms with E-state index in [0.717, 1.165) is 53.9 Å². The first-order valence-corrected chi connectivity index (χ1v) is 10.8. The van der Waals surface area contributed by atoms with Crippen LogP contribution in [0.2, 0.25) is 0 Å². The summed E-state index contributed by atoms with van der Waals surface area (Å²) in [5.41, 5.74) is 9.18. The van der Waals surface area contributed by atoms with Crippen LogP contribution in [-0.4, -0.2) is 38.6 Å². The maximum absolute atomic E-state index is 13.0. The summed E-state index contributed by atoms with van der Waals surface area (Å²) < 4.78 is 27.5. The number of benzene rings is 2. The second kappa shape index (κ2) is 8.53. The Morgan fingerprint density at radius 2 is 1.64 bits per heavy atom. The summed E-state index contributed by atoms with van der Waals surface area (Å²) in [7, 11) is -3.51. The molecule has 1 fully saturated rings. The number of fused-ring (bicyclic) bond motifs is 1. The molecule has 0 radical (unpaired) electrons. The van der Waals surface area contributed by atoms with Crippen molar-refractivity contribution in [1.29, 1.82) is 0 Å². The number of nitrogens with one attached hydrogen (secondary N) is 1. The van der Waals surface area contributed by atoms with E-state index in [0.29, 0.717) is 6.54 Å². The van der Waals surface area contributed by atoms with Crippen LogP contribution in [0.25, 0.3) is 10.9 Å². The van der Waals surface area contributed by atoms with Gasteiger partial charge in [0.2, 0.25) is 10.0 Å². The van der Waals surface area contributed by atoms with Crippen molar-refractivity contribution in [2.24, 2.45) is 5.73 Å². The molecule has 0 aliphatic carbocycles. The smallest absolute Gasteiger partial charge is 0.243 e. The molecule has 0 spiro atoms. The molecule has 8 heteroatoms. The van der Waals surface area contributed by atoms with Crippen molar-refractivity contribution in [3.8, 4) is 0 Å². The van der Waals surface area contributed by atoms with Crippen LogP contribution in [0, 0.1) is 0 Å². The van der Waals surface area contributed by atoms with Crippen LogP contribution in [-0.2, 0) is 22.3 Å². The van der Waals surface area contributed by atoms with Gasteiger partial charge in [-0.05, 0) is 29.3 Å². The van der Waals surface area contributed by atoms with Gasteiger partial charge in [0.25, 0.3) is 0 Å². The zero-order valence-electron chi connectivity index (χ0n) is 15.5. The maximum atomic E-state index is 13.0. The van der Waals surface area contributed by atoms with E-state index in [1.54, 1.807) is 6.20 Å². The monoisotopic (exact) mass is 420 g/mol. The molecule has 28 heavy (non-hydrogen) atoms. The van der Waals surface area contributed by atoms with Crippen molar-refractivity contribution in [1.82, 2.24) is 9.29 Å². The highest BCUT2D eigenvalue weighted by Crippen LogP contribution is 2.29. The van der Waals surface area contributed by atoms with E-state index in [2.05, 4.69) is 16.3 Å². The third-order valence-electron chi connectivity index (χ3n) is 5.04. The molecule has 0 saturated carbocycles. The van der Waals surface area contributed by atoms with Crippen molar-refractivity contribution in [3.63, 3.8) is 0 Å². The molecule has 0 unspecified atom stereocenters. The molecule has 3 N–H and O–H groups in total. The van der Waals surface area contributed by atoms with Gasteiger partial charge < -0.3 is 16.0 Å². The van der Waals surface area contributed by atoms with Gasteiger partial charge in [0, 0.05) is 50.0 Å². The summed E-state index contributed by atoms with van der Waals surface area (Å²) in [6, 6.07) is 15.2. The van der Waals surface area contributed by atoms with Crippen molar-refractivity contribution < 1.29 is 8.42 Å². The second-order valence-corrected chi connectivity index (χ2v) is 8.68. The molecule has 4 rings (SSSR count). The predicted octanol–water partition coefficient (Wildman–Crippen LogP) is 2.31. The number of halogens is 1. The molecule has 0 bridgehead atoms. The van der Waals surface area contributed by atoms with Gasteiger partial charge in [-0.25, -0.2) is 12.4 Å². The van der Waals surface area contributed by atoms with E-state index in [9.17, 15) is 8.42 Å². The van der Waals surface area contributed by atoms with Gasteiger partial charge in [0.05, 0.1) is 11.3 Å². The first-order valence-electron chi connectivity index (χ1n) is 9.15. The molecular formula is C20H25ClN4O2S. The minimum Gasteiger partial charge on any atom is -0.368 e. The summed E-state index contributed by atoms with van der Waals surface area (Å²) in [6.07, 6.45) is 1.67. The summed E-state index contributed by atoms with van der Waals surface area (Å²) in [5, 5.41) is 4.32. The largest absolute Gasteiger partial charge is 0.368 e. The average Bonchev–Trinajstić information content (AvgIpc) is 3.14. The molecule has 6 nitrogen and oxygen atoms in total. The number of aromatic nitrogens is 1. The summed E-state index contributed by atoms with van der Waals surface area (Å²) in [6.45, 7) is 4.17. The fourth-order valence-corrected chi connectivity index (χ4v) is 5.06. The normalized spacial score (nSPS) is 14.8. The topological polar surface area (TPSA) is 80.4 Å². The number of anilines is 1. The zero-order chi connectivity index (χ0) is 18.9. The Bertz CT molecular complexity index is 1040. The van der Waals surface area contributed by atoms with E-state index < -0.39 is 10.0 Å². The third kappa shape index (κ3) is 4.03. The minimum atomic E-state index is -3.51. The first-order chi connectivity index (χ1) is 13.1. The van der Waals surface area contributed by atoms with E-state index in [4.69, 9.17) is 5.73 Å². The standard InChI is InChI=1S/C20H24N4O2S.ClH/c21-14-16-4-6-17(7-5-16)15-27(25,26)24-11-8-18-19(2-1-3-20(18)24)23-12-9-22-10-13-23;/h1-8,11,22H,9-10,12-15,21H2;1H. The number of rotatable bonds is 5. The van der Waals surface area contributed by atoms with Gasteiger partial charge in [0.1, 0.15) is 0 Å². The van der Waals surface area contributed by atoms with Crippen LogP contribution in [0.5, 0.6) is 0 Å². The van der Waals surface area contributed by atoms with Crippen molar-refractivity contribution in [3.05, 3.63) is 65.9 Å². The first kappa shape index (κ1) is 20.7. The van der Waals surface area contributed by atoms with Crippen LogP contribution in [0.1, 0.15) is 11.1 Å². The second-order valence-electron chi connectivity index (χ2n) is 6.84. The van der Waals surface area contributed by atoms with Gasteiger partial charge in [0.15, 0.2) is 0 Å². The van der Waals surface area contributed by atoms with E-state index in [1.807, 2.05) is 42.5 Å². The molecule has 150 valence electrons. The van der Waals surface area contributed by atoms with Gasteiger partial charge in [-0.2, -0.15) is 0 Å². The molecule has 1 saturated heterocycles. The highest BCUT2D eigenvalue weighted by atomic mass is 35.5. The minimum absolute atomic E-state index is 0. The summed E-state index contributed by atoms with van der Waals surface area (Å²) in [5.74, 6) is -0.0422. The zero-order valence-corrected chi connectivity index (χ0v) is 17.2. The van der Waals surface area contributed by atoms with Gasteiger partial charge >= 0.3 is 0 Å². The van der Waals surface area contributed by atoms with Crippen LogP contribution >= 0.6 is 12.4 Å². The Morgan fingerprint density at radius 3 is 2.32 bits per heavy atom. The van der Waals surface area contributed by atoms with E-state index in [-0.39, 0.29) is 18.2 Å². The number of hydrogen-bond acceptors (Lipinski definition) is 5. The van der Waals surface area contributed by atoms with Crippen LogP contribution in [0.15, 0.2) is 54.7 Å². The van der Waals surface area contributed by atoms with E-state index >= 15 is 0 Å². The lowest BCUT2D eigenvalue weighted by atomic mass is 10.1. The van der Waals surface area contributed by atoms with Crippen molar-refractivity contribution in [2.75, 3.05) is 31.1 Å². The SMILES string of the molecule is Cl.NCc1ccc(CS(=O)(=O)n2ccc3c(N4CCNCC4)cccc32)cc1.